The number of pyridine rings is 1. The predicted octanol–water partition coefficient (Wildman–Crippen LogP) is 4.40. The third-order valence-electron chi connectivity index (χ3n) is 7.42. The second-order valence-corrected chi connectivity index (χ2v) is 9.98. The maximum atomic E-state index is 13.9. The topological polar surface area (TPSA) is 60.2 Å². The van der Waals surface area contributed by atoms with E-state index in [1.54, 1.807) is 6.07 Å². The number of ether oxygens (including phenoxy) is 1. The summed E-state index contributed by atoms with van der Waals surface area (Å²) in [4.78, 5) is 19.3. The molecule has 0 atom stereocenters. The van der Waals surface area contributed by atoms with Gasteiger partial charge in [0.1, 0.15) is 5.78 Å². The van der Waals surface area contributed by atoms with Gasteiger partial charge in [-0.2, -0.15) is 9.49 Å². The van der Waals surface area contributed by atoms with Crippen LogP contribution in [0.3, 0.4) is 0 Å². The molecular weight excluding hydrogens is 457 g/mol. The zero-order chi connectivity index (χ0) is 24.8. The summed E-state index contributed by atoms with van der Waals surface area (Å²) in [6.45, 7) is 2.29. The van der Waals surface area contributed by atoms with Gasteiger partial charge in [-0.05, 0) is 49.6 Å². The zero-order valence-corrected chi connectivity index (χ0v) is 20.4. The number of aromatic nitrogens is 3. The highest BCUT2D eigenvalue weighted by Crippen LogP contribution is 2.33. The maximum absolute atomic E-state index is 13.9. The molecule has 3 heterocycles. The molecule has 2 aliphatic rings. The molecule has 1 aliphatic carbocycles. The molecule has 1 saturated carbocycles. The van der Waals surface area contributed by atoms with Crippen LogP contribution in [0.25, 0.3) is 0 Å². The number of aryl methyl sites for hydroxylation is 1. The number of rotatable bonds is 10. The molecule has 0 aromatic carbocycles. The van der Waals surface area contributed by atoms with Gasteiger partial charge in [-0.15, -0.1) is 0 Å². The lowest BCUT2D eigenvalue weighted by molar-refractivity contribution is -0.119. The molecule has 35 heavy (non-hydrogen) atoms. The molecular formula is C26H35F3N4O2. The molecule has 2 aromatic rings. The van der Waals surface area contributed by atoms with Crippen LogP contribution in [-0.4, -0.2) is 58.1 Å². The minimum atomic E-state index is -2.50. The van der Waals surface area contributed by atoms with E-state index < -0.39 is 19.0 Å². The molecule has 0 bridgehead atoms. The average Bonchev–Trinajstić information content (AvgIpc) is 3.04. The first-order valence-electron chi connectivity index (χ1n) is 12.7. The normalized spacial score (nSPS) is 21.1. The van der Waals surface area contributed by atoms with Crippen molar-refractivity contribution in [3.8, 4) is 5.88 Å². The van der Waals surface area contributed by atoms with Crippen LogP contribution in [0.5, 0.6) is 5.88 Å². The van der Waals surface area contributed by atoms with Gasteiger partial charge >= 0.3 is 0 Å². The van der Waals surface area contributed by atoms with Crippen LogP contribution < -0.4 is 4.74 Å². The molecule has 0 unspecified atom stereocenters. The van der Waals surface area contributed by atoms with Crippen molar-refractivity contribution >= 4 is 5.78 Å². The highest BCUT2D eigenvalue weighted by molar-refractivity contribution is 5.81. The molecule has 2 aromatic heterocycles. The van der Waals surface area contributed by atoms with Crippen LogP contribution in [-0.2, 0) is 31.1 Å². The first-order valence-corrected chi connectivity index (χ1v) is 12.7. The summed E-state index contributed by atoms with van der Waals surface area (Å²) in [5, 5.41) is 3.87. The Labute approximate surface area is 204 Å². The quantitative estimate of drug-likeness (QED) is 0.492. The Bertz CT molecular complexity index is 989. The number of hydrogen-bond donors (Lipinski definition) is 0. The number of ketones is 1. The Morgan fingerprint density at radius 1 is 1.14 bits per heavy atom. The number of halogens is 3. The first-order chi connectivity index (χ1) is 16.9. The van der Waals surface area contributed by atoms with Crippen molar-refractivity contribution in [2.24, 2.45) is 18.9 Å². The predicted molar refractivity (Wildman–Crippen MR) is 126 cm³/mol. The number of carbonyl (C=O) groups is 1. The van der Waals surface area contributed by atoms with Crippen LogP contribution in [0.15, 0.2) is 18.3 Å². The number of nitrogens with zero attached hydrogens (tertiary/aromatic N) is 4. The lowest BCUT2D eigenvalue weighted by atomic mass is 9.78. The number of Topliss-reactive ketones (excluding diaryl/α,β-unsaturated/α-hetero) is 1. The van der Waals surface area contributed by atoms with Gasteiger partial charge in [-0.25, -0.2) is 18.4 Å². The van der Waals surface area contributed by atoms with Crippen LogP contribution in [0.2, 0.25) is 0 Å². The third kappa shape index (κ3) is 7.29. The SMILES string of the molecule is Cn1ncc(CC(=O)CC2CCC(CCN3CCc4ccc(OCC(F)F)nc4CC3)CC2)c1F. The van der Waals surface area contributed by atoms with E-state index in [4.69, 9.17) is 4.74 Å². The summed E-state index contributed by atoms with van der Waals surface area (Å²) < 4.78 is 44.9. The highest BCUT2D eigenvalue weighted by Gasteiger charge is 2.25. The lowest BCUT2D eigenvalue weighted by Crippen LogP contribution is -2.29. The first kappa shape index (κ1) is 25.7. The molecule has 9 heteroatoms. The number of hydrogen-bond acceptors (Lipinski definition) is 5. The lowest BCUT2D eigenvalue weighted by Gasteiger charge is -2.30. The summed E-state index contributed by atoms with van der Waals surface area (Å²) in [7, 11) is 1.54. The number of carbonyl (C=O) groups excluding carboxylic acids is 1. The smallest absolute Gasteiger partial charge is 0.272 e. The van der Waals surface area contributed by atoms with E-state index in [1.165, 1.54) is 18.8 Å². The Morgan fingerprint density at radius 3 is 2.60 bits per heavy atom. The monoisotopic (exact) mass is 492 g/mol. The second kappa shape index (κ2) is 12.0. The molecule has 1 fully saturated rings. The standard InChI is InChI=1S/C26H35F3N4O2/c1-32-26(29)21(16-30-32)15-22(34)14-19-4-2-18(3-5-19)8-11-33-12-9-20-6-7-25(35-17-24(27)28)31-23(20)10-13-33/h6-7,16,18-19,24H,2-5,8-15,17H2,1H3. The molecule has 0 spiro atoms. The molecule has 6 nitrogen and oxygen atoms in total. The average molecular weight is 493 g/mol. The molecule has 1 aliphatic heterocycles. The van der Waals surface area contributed by atoms with E-state index in [9.17, 15) is 18.0 Å². The fraction of sp³-hybridized carbons (Fsp3) is 0.654. The fourth-order valence-electron chi connectivity index (χ4n) is 5.34. The van der Waals surface area contributed by atoms with E-state index in [0.29, 0.717) is 23.8 Å². The second-order valence-electron chi connectivity index (χ2n) is 9.98. The van der Waals surface area contributed by atoms with Gasteiger partial charge in [0, 0.05) is 56.7 Å². The molecule has 4 rings (SSSR count). The largest absolute Gasteiger partial charge is 0.472 e. The van der Waals surface area contributed by atoms with Crippen molar-refractivity contribution in [3.05, 3.63) is 41.1 Å². The van der Waals surface area contributed by atoms with Crippen molar-refractivity contribution in [1.29, 1.82) is 0 Å². The molecule has 0 N–H and O–H groups in total. The van der Waals surface area contributed by atoms with Crippen molar-refractivity contribution in [1.82, 2.24) is 19.7 Å². The Balaban J connectivity index is 1.16. The van der Waals surface area contributed by atoms with Gasteiger partial charge in [0.2, 0.25) is 11.8 Å². The molecule has 192 valence electrons. The van der Waals surface area contributed by atoms with Crippen molar-refractivity contribution in [3.63, 3.8) is 0 Å². The summed E-state index contributed by atoms with van der Waals surface area (Å²) >= 11 is 0. The van der Waals surface area contributed by atoms with E-state index >= 15 is 0 Å². The van der Waals surface area contributed by atoms with Crippen molar-refractivity contribution in [2.45, 2.75) is 64.2 Å². The van der Waals surface area contributed by atoms with Crippen LogP contribution >= 0.6 is 0 Å². The number of fused-ring (bicyclic) bond motifs is 1. The Morgan fingerprint density at radius 2 is 1.89 bits per heavy atom. The fourth-order valence-corrected chi connectivity index (χ4v) is 5.34. The van der Waals surface area contributed by atoms with Gasteiger partial charge in [0.25, 0.3) is 6.43 Å². The van der Waals surface area contributed by atoms with Gasteiger partial charge in [0.15, 0.2) is 6.61 Å². The van der Waals surface area contributed by atoms with E-state index in [-0.39, 0.29) is 18.1 Å². The van der Waals surface area contributed by atoms with Crippen molar-refractivity contribution < 1.29 is 22.7 Å². The van der Waals surface area contributed by atoms with Gasteiger partial charge in [-0.3, -0.25) is 4.79 Å². The summed E-state index contributed by atoms with van der Waals surface area (Å²) in [5.41, 5.74) is 2.52. The molecule has 0 saturated heterocycles. The zero-order valence-electron chi connectivity index (χ0n) is 20.4. The summed E-state index contributed by atoms with van der Waals surface area (Å²) in [6.07, 6.45) is 6.85. The van der Waals surface area contributed by atoms with E-state index in [1.807, 2.05) is 6.07 Å². The Kier molecular flexibility index (Phi) is 8.81. The van der Waals surface area contributed by atoms with Gasteiger partial charge in [-0.1, -0.05) is 18.9 Å². The minimum Gasteiger partial charge on any atom is -0.472 e. The van der Waals surface area contributed by atoms with E-state index in [0.717, 1.165) is 75.0 Å². The van der Waals surface area contributed by atoms with Crippen LogP contribution in [0.1, 0.15) is 55.3 Å². The minimum absolute atomic E-state index is 0.0980. The van der Waals surface area contributed by atoms with Gasteiger partial charge in [0.05, 0.1) is 6.20 Å². The van der Waals surface area contributed by atoms with E-state index in [2.05, 4.69) is 15.0 Å². The van der Waals surface area contributed by atoms with Crippen LogP contribution in [0.4, 0.5) is 13.2 Å². The maximum Gasteiger partial charge on any atom is 0.272 e. The molecule has 0 radical (unpaired) electrons. The summed E-state index contributed by atoms with van der Waals surface area (Å²) in [5.74, 6) is 1.03. The highest BCUT2D eigenvalue weighted by atomic mass is 19.3. The third-order valence-corrected chi connectivity index (χ3v) is 7.42. The molecule has 0 amide bonds. The van der Waals surface area contributed by atoms with Crippen LogP contribution in [0, 0.1) is 17.8 Å². The number of alkyl halides is 2. The Hall–Kier alpha value is -2.42. The summed E-state index contributed by atoms with van der Waals surface area (Å²) in [6, 6.07) is 3.64. The van der Waals surface area contributed by atoms with Crippen molar-refractivity contribution in [2.75, 3.05) is 26.2 Å². The van der Waals surface area contributed by atoms with Gasteiger partial charge < -0.3 is 9.64 Å².